The van der Waals surface area contributed by atoms with E-state index in [9.17, 15) is 66.8 Å². The molecule has 1 aliphatic carbocycles. The quantitative estimate of drug-likeness (QED) is 0.00568. The third kappa shape index (κ3) is 41.2. The highest BCUT2D eigenvalue weighted by atomic mass is 32.7. The number of nitrogens with one attached hydrogen (secondary N) is 6. The maximum absolute atomic E-state index is 14.1. The van der Waals surface area contributed by atoms with Crippen LogP contribution in [0, 0.1) is 11.8 Å². The van der Waals surface area contributed by atoms with Gasteiger partial charge in [-0.2, -0.15) is 4.98 Å². The van der Waals surface area contributed by atoms with Crippen molar-refractivity contribution in [2.75, 3.05) is 57.3 Å². The number of hydrogen-bond acceptors (Lipinski definition) is 28. The predicted octanol–water partition coefficient (Wildman–Crippen LogP) is 16.9. The fourth-order valence-electron chi connectivity index (χ4n) is 15.7. The molecule has 13 atom stereocenters. The number of aliphatic hydroxyl groups is 1. The van der Waals surface area contributed by atoms with Crippen LogP contribution in [0.4, 0.5) is 16.4 Å². The maximum Gasteiger partial charge on any atom is 0.472 e. The van der Waals surface area contributed by atoms with E-state index >= 15 is 0 Å². The van der Waals surface area contributed by atoms with Crippen molar-refractivity contribution in [3.8, 4) is 5.88 Å². The highest BCUT2D eigenvalue weighted by molar-refractivity contribution is 8.44. The van der Waals surface area contributed by atoms with Crippen molar-refractivity contribution in [3.05, 3.63) is 100 Å². The van der Waals surface area contributed by atoms with Crippen molar-refractivity contribution in [1.29, 1.82) is 0 Å². The van der Waals surface area contributed by atoms with Gasteiger partial charge in [-0.1, -0.05) is 262 Å². The highest BCUT2D eigenvalue weighted by Crippen LogP contribution is 2.61. The van der Waals surface area contributed by atoms with Crippen molar-refractivity contribution in [3.63, 3.8) is 0 Å². The van der Waals surface area contributed by atoms with Gasteiger partial charge in [0.2, 0.25) is 35.5 Å². The fourth-order valence-corrected chi connectivity index (χ4v) is 19.6. The van der Waals surface area contributed by atoms with Gasteiger partial charge in [0.25, 0.3) is 11.5 Å². The van der Waals surface area contributed by atoms with E-state index < -0.39 is 161 Å². The highest BCUT2D eigenvalue weighted by Gasteiger charge is 2.51. The number of hydrogen-bond donors (Lipinski definition) is 10. The van der Waals surface area contributed by atoms with Gasteiger partial charge in [-0.25, -0.2) is 33.4 Å². The molecule has 2 aliphatic heterocycles. The van der Waals surface area contributed by atoms with Gasteiger partial charge in [0.05, 0.1) is 38.9 Å². The molecule has 742 valence electrons. The van der Waals surface area contributed by atoms with Crippen molar-refractivity contribution in [1.82, 2.24) is 50.3 Å². The Balaban J connectivity index is 0.714. The van der Waals surface area contributed by atoms with E-state index in [0.29, 0.717) is 29.7 Å². The van der Waals surface area contributed by atoms with Gasteiger partial charge in [-0.3, -0.25) is 75.8 Å². The summed E-state index contributed by atoms with van der Waals surface area (Å²) >= 11 is 8.46. The van der Waals surface area contributed by atoms with Crippen LogP contribution in [-0.2, 0) is 102 Å². The van der Waals surface area contributed by atoms with E-state index in [1.54, 1.807) is 62.4 Å². The summed E-state index contributed by atoms with van der Waals surface area (Å²) in [5.74, 6) is -5.15. The molecule has 0 spiro atoms. The molecule has 1 saturated carbocycles. The second-order valence-corrected chi connectivity index (χ2v) is 42.0. The SMILES string of the molecule is CCCCCCCCCCCCCCCCCC(=O)OC[C@H](COP(=O)(O)OCCNC(=O)CCCC(=O)N[C@H](C(=O)N[C@@H](C)C(=O)Nc1ccc(COC(=O)N(C)Cc2ccccc2C(=O)Nc2nc3c(ncn3[C@@H]3O[C@@H]4CO[P@@](=O)(S)O[C@H]5C[C@H](Oc6ccncn6)C[C@@H]5CO[P@@](=O)(S)O[C@@H]3[C@@H]4O)c(=O)[nH]2)cc1)C(C)C)OC(=O)CCCCCCCCCCCCCCCCC. The first kappa shape index (κ1) is 111. The van der Waals surface area contributed by atoms with E-state index in [2.05, 4.69) is 89.8 Å². The van der Waals surface area contributed by atoms with E-state index in [1.807, 2.05) is 0 Å². The third-order valence-corrected chi connectivity index (χ3v) is 27.5. The maximum atomic E-state index is 14.1. The number of aliphatic hydroxyl groups excluding tert-OH is 1. The van der Waals surface area contributed by atoms with Gasteiger partial charge in [0.1, 0.15) is 56.0 Å². The molecule has 133 heavy (non-hydrogen) atoms. The normalized spacial score (nSPS) is 20.8. The van der Waals surface area contributed by atoms with E-state index in [0.717, 1.165) is 51.3 Å². The van der Waals surface area contributed by atoms with E-state index in [1.165, 1.54) is 177 Å². The number of anilines is 2. The van der Waals surface area contributed by atoms with Crippen LogP contribution in [0.2, 0.25) is 0 Å². The number of thiol groups is 2. The number of ether oxygens (including phenoxy) is 5. The standard InChI is InChI=1S/C91H141N12O25P3S2/c1-7-9-11-13-15-17-19-21-23-25-27-29-31-33-35-44-78(106)118-59-71(125-79(107)45-36-34-32-30-28-26-24-22-20-18-16-14-12-10-8-2)60-121-129(114,115)120-53-52-93-75(104)42-39-43-76(105)98-80(64(3)4)87(111)96-65(5)85(109)97-69-48-46-66(47-49-69)57-119-91(113)102(6)56-67-40-37-38-41-72(67)86(110)100-90-99-84-81(88(112)101-90)95-63-103(84)89-83-82(108)74(126-89)61-123-130(116,132)127-73-55-70(124-77-50-51-92-62-94-77)54-68(73)58-122-131(117,133)128-83/h37-38,40-41,46-51,62-65,68,70-71,73-74,80,82-83,89,108H,7-36,39,42-45,52-61H2,1-6H3,(H,93,104)(H,96,111)(H,97,109)(H,98,105)(H,114,115)(H,116,132)(H,117,133)(H2,99,100,101,110,112)/t65-,68+,70+,71+,73-,74+,80-,82+,83+,89+,130+,131+/m0/s1. The Morgan fingerprint density at radius 3 is 1.85 bits per heavy atom. The first-order chi connectivity index (χ1) is 63.9. The third-order valence-electron chi connectivity index (χ3n) is 23.2. The molecule has 5 heterocycles. The second kappa shape index (κ2) is 59.4. The zero-order chi connectivity index (χ0) is 96.0. The van der Waals surface area contributed by atoms with Gasteiger partial charge in [0.15, 0.2) is 23.5 Å². The number of aromatic amines is 1. The van der Waals surface area contributed by atoms with Gasteiger partial charge in [0, 0.05) is 81.7 Å². The number of fused-ring (bicyclic) bond motifs is 4. The summed E-state index contributed by atoms with van der Waals surface area (Å²) in [5, 5.41) is 24.8. The molecule has 8 rings (SSSR count). The number of H-pyrrole nitrogens is 1. The number of rotatable bonds is 61. The molecule has 37 nitrogen and oxygen atoms in total. The Morgan fingerprint density at radius 2 is 1.24 bits per heavy atom. The largest absolute Gasteiger partial charge is 0.474 e. The number of benzene rings is 2. The summed E-state index contributed by atoms with van der Waals surface area (Å²) in [5.41, 5.74) is 0.0419. The number of phosphoric acid groups is 1. The Morgan fingerprint density at radius 1 is 0.654 bits per heavy atom. The van der Waals surface area contributed by atoms with Gasteiger partial charge in [-0.05, 0) is 67.9 Å². The zero-order valence-corrected chi connectivity index (χ0v) is 82.3. The molecule has 3 fully saturated rings. The number of phosphoric ester groups is 1. The zero-order valence-electron chi connectivity index (χ0n) is 77.8. The lowest BCUT2D eigenvalue weighted by molar-refractivity contribution is -0.161. The molecule has 3 aliphatic rings. The minimum Gasteiger partial charge on any atom is -0.474 e. The number of imidazole rings is 1. The molecular formula is C91H141N12O25P3S2. The monoisotopic (exact) mass is 1960 g/mol. The molecule has 3 aromatic heterocycles. The van der Waals surface area contributed by atoms with Crippen LogP contribution in [-0.4, -0.2) is 187 Å². The lowest BCUT2D eigenvalue weighted by atomic mass is 10.0. The Kier molecular flexibility index (Phi) is 49.4. The molecular weight excluding hydrogens is 1820 g/mol. The van der Waals surface area contributed by atoms with Gasteiger partial charge in [-0.15, -0.1) is 0 Å². The number of carbonyl (C=O) groups excluding carboxylic acids is 8. The van der Waals surface area contributed by atoms with Crippen molar-refractivity contribution >= 4 is 116 Å². The molecule has 2 aromatic carbocycles. The first-order valence-corrected chi connectivity index (χ1v) is 54.3. The number of nitrogens with zero attached hydrogens (tertiary/aromatic N) is 6. The number of carbonyl (C=O) groups is 8. The van der Waals surface area contributed by atoms with E-state index in [4.69, 9.17) is 50.8 Å². The molecule has 0 radical (unpaired) electrons. The summed E-state index contributed by atoms with van der Waals surface area (Å²) in [7, 11) is -3.32. The summed E-state index contributed by atoms with van der Waals surface area (Å²) in [4.78, 5) is 151. The predicted molar refractivity (Wildman–Crippen MR) is 506 cm³/mol. The Hall–Kier alpha value is -7.74. The fraction of sp³-hybridized carbons (Fsp3) is 0.681. The van der Waals surface area contributed by atoms with E-state index in [-0.39, 0.29) is 106 Å². The topological polar surface area (TPSA) is 483 Å². The second-order valence-electron chi connectivity index (χ2n) is 34.8. The summed E-state index contributed by atoms with van der Waals surface area (Å²) in [6, 6.07) is 12.1. The van der Waals surface area contributed by atoms with Crippen LogP contribution in [0.5, 0.6) is 5.88 Å². The Labute approximate surface area is 790 Å². The van der Waals surface area contributed by atoms with Gasteiger partial charge < -0.3 is 64.4 Å². The number of unbranched alkanes of at least 4 members (excludes halogenated alkanes) is 28. The molecule has 6 amide bonds. The number of amides is 6. The average molecular weight is 1960 g/mol. The van der Waals surface area contributed by atoms with Crippen LogP contribution in [0.3, 0.4) is 0 Å². The van der Waals surface area contributed by atoms with Crippen molar-refractivity contribution in [2.24, 2.45) is 11.8 Å². The smallest absolute Gasteiger partial charge is 0.472 e. The van der Waals surface area contributed by atoms with Crippen LogP contribution in [0.1, 0.15) is 300 Å². The molecule has 42 heteroatoms. The summed E-state index contributed by atoms with van der Waals surface area (Å²) < 4.78 is 105. The van der Waals surface area contributed by atoms with Gasteiger partial charge >= 0.3 is 39.4 Å². The summed E-state index contributed by atoms with van der Waals surface area (Å²) in [6.07, 6.45) is 30.6. The van der Waals surface area contributed by atoms with Crippen LogP contribution in [0.15, 0.2) is 78.2 Å². The molecule has 1 unspecified atom stereocenters. The molecule has 8 N–H and O–H groups in total. The van der Waals surface area contributed by atoms with Crippen molar-refractivity contribution < 1.29 is 113 Å². The van der Waals surface area contributed by atoms with Crippen LogP contribution in [0.25, 0.3) is 11.2 Å². The number of esters is 2. The minimum absolute atomic E-state index is 0.0687. The molecule has 2 saturated heterocycles. The Bertz CT molecular complexity index is 4620. The van der Waals surface area contributed by atoms with Crippen LogP contribution < -0.4 is 36.9 Å². The average Bonchev–Trinajstić information content (AvgIpc) is 1.58. The lowest BCUT2D eigenvalue weighted by Gasteiger charge is -2.26. The minimum atomic E-state index is -4.77. The lowest BCUT2D eigenvalue weighted by Crippen LogP contribution is -2.53. The van der Waals surface area contributed by atoms with Crippen LogP contribution >= 0.6 is 45.9 Å². The molecule has 5 aromatic rings. The number of aromatic nitrogens is 6. The first-order valence-electron chi connectivity index (χ1n) is 47.4. The summed E-state index contributed by atoms with van der Waals surface area (Å²) in [6.45, 7) is -2.14. The molecule has 2 bridgehead atoms. The van der Waals surface area contributed by atoms with Crippen molar-refractivity contribution in [2.45, 2.75) is 340 Å².